The highest BCUT2D eigenvalue weighted by Crippen LogP contribution is 2.11. The van der Waals surface area contributed by atoms with Crippen LogP contribution in [0.5, 0.6) is 0 Å². The summed E-state index contributed by atoms with van der Waals surface area (Å²) in [6.07, 6.45) is 7.91. The number of ether oxygens (including phenoxy) is 1. The van der Waals surface area contributed by atoms with Gasteiger partial charge < -0.3 is 15.4 Å². The zero-order valence-corrected chi connectivity index (χ0v) is 15.4. The fourth-order valence-electron chi connectivity index (χ4n) is 1.84. The van der Waals surface area contributed by atoms with E-state index in [4.69, 9.17) is 16.3 Å². The molecule has 6 heteroatoms. The average Bonchev–Trinajstić information content (AvgIpc) is 2.59. The minimum absolute atomic E-state index is 0.318. The molecule has 0 aliphatic carbocycles. The first kappa shape index (κ1) is 20.5. The monoisotopic (exact) mass is 362 g/mol. The van der Waals surface area contributed by atoms with Gasteiger partial charge in [0.05, 0.1) is 12.2 Å². The number of carbonyl (C=O) groups is 2. The number of anilines is 1. The highest BCUT2D eigenvalue weighted by atomic mass is 35.5. The van der Waals surface area contributed by atoms with Gasteiger partial charge >= 0.3 is 12.0 Å². The SMILES string of the molecule is C\C=C(/C=C\C(Cl)=C\CC)NC(=O)Nc1ccc(C(=O)OCC)cc1. The highest BCUT2D eigenvalue weighted by molar-refractivity contribution is 6.31. The number of nitrogens with one attached hydrogen (secondary N) is 2. The summed E-state index contributed by atoms with van der Waals surface area (Å²) in [6.45, 7) is 5.87. The number of benzene rings is 1. The summed E-state index contributed by atoms with van der Waals surface area (Å²) in [5.41, 5.74) is 1.61. The number of amides is 2. The Morgan fingerprint density at radius 1 is 1.16 bits per heavy atom. The van der Waals surface area contributed by atoms with Gasteiger partial charge in [-0.05, 0) is 56.7 Å². The molecule has 1 aromatic rings. The van der Waals surface area contributed by atoms with Crippen molar-refractivity contribution in [2.24, 2.45) is 0 Å². The summed E-state index contributed by atoms with van der Waals surface area (Å²) in [5.74, 6) is -0.392. The highest BCUT2D eigenvalue weighted by Gasteiger charge is 2.07. The van der Waals surface area contributed by atoms with E-state index < -0.39 is 12.0 Å². The van der Waals surface area contributed by atoms with Crippen LogP contribution >= 0.6 is 11.6 Å². The Morgan fingerprint density at radius 3 is 2.40 bits per heavy atom. The minimum Gasteiger partial charge on any atom is -0.462 e. The van der Waals surface area contributed by atoms with Crippen molar-refractivity contribution in [3.05, 3.63) is 64.9 Å². The van der Waals surface area contributed by atoms with E-state index in [2.05, 4.69) is 10.6 Å². The number of carbonyl (C=O) groups excluding carboxylic acids is 2. The minimum atomic E-state index is -0.392. The standard InChI is InChI=1S/C19H23ClN2O3/c1-4-7-15(20)10-13-16(5-2)21-19(24)22-17-11-8-14(9-12-17)18(23)25-6-3/h5,7-13H,4,6H2,1-3H3,(H2,21,22,24)/b13-10-,15-7-,16-5+. The van der Waals surface area contributed by atoms with E-state index in [0.717, 1.165) is 6.42 Å². The molecule has 0 heterocycles. The molecule has 134 valence electrons. The van der Waals surface area contributed by atoms with Crippen LogP contribution < -0.4 is 10.6 Å². The van der Waals surface area contributed by atoms with E-state index in [-0.39, 0.29) is 0 Å². The molecule has 2 amide bonds. The Balaban J connectivity index is 2.63. The van der Waals surface area contributed by atoms with E-state index >= 15 is 0 Å². The smallest absolute Gasteiger partial charge is 0.338 e. The van der Waals surface area contributed by atoms with Gasteiger partial charge in [-0.15, -0.1) is 0 Å². The van der Waals surface area contributed by atoms with Gasteiger partial charge in [0.25, 0.3) is 0 Å². The fraction of sp³-hybridized carbons (Fsp3) is 0.263. The van der Waals surface area contributed by atoms with Crippen molar-refractivity contribution in [3.63, 3.8) is 0 Å². The van der Waals surface area contributed by atoms with Crippen LogP contribution in [0.4, 0.5) is 10.5 Å². The summed E-state index contributed by atoms with van der Waals surface area (Å²) in [4.78, 5) is 23.6. The first-order valence-electron chi connectivity index (χ1n) is 8.05. The fourth-order valence-corrected chi connectivity index (χ4v) is 2.06. The predicted molar refractivity (Wildman–Crippen MR) is 102 cm³/mol. The van der Waals surface area contributed by atoms with E-state index in [1.165, 1.54) is 0 Å². The number of hydrogen-bond donors (Lipinski definition) is 2. The lowest BCUT2D eigenvalue weighted by atomic mass is 10.2. The number of allylic oxidation sites excluding steroid dienone is 5. The van der Waals surface area contributed by atoms with Crippen LogP contribution in [0.3, 0.4) is 0 Å². The summed E-state index contributed by atoms with van der Waals surface area (Å²) in [5, 5.41) is 6.02. The molecular formula is C19H23ClN2O3. The molecule has 0 atom stereocenters. The van der Waals surface area contributed by atoms with Crippen molar-refractivity contribution in [1.29, 1.82) is 0 Å². The van der Waals surface area contributed by atoms with Gasteiger partial charge in [-0.3, -0.25) is 0 Å². The summed E-state index contributed by atoms with van der Waals surface area (Å²) < 4.78 is 4.91. The van der Waals surface area contributed by atoms with Crippen molar-refractivity contribution in [1.82, 2.24) is 5.32 Å². The Hall–Kier alpha value is -2.53. The van der Waals surface area contributed by atoms with E-state index in [1.54, 1.807) is 49.4 Å². The van der Waals surface area contributed by atoms with Crippen LogP contribution in [0.25, 0.3) is 0 Å². The molecule has 1 aromatic carbocycles. The van der Waals surface area contributed by atoms with Crippen molar-refractivity contribution in [2.75, 3.05) is 11.9 Å². The third kappa shape index (κ3) is 7.72. The molecule has 0 spiro atoms. The number of halogens is 1. The van der Waals surface area contributed by atoms with Crippen molar-refractivity contribution in [2.45, 2.75) is 27.2 Å². The maximum absolute atomic E-state index is 12.0. The maximum atomic E-state index is 12.0. The third-order valence-corrected chi connectivity index (χ3v) is 3.32. The van der Waals surface area contributed by atoms with E-state index in [0.29, 0.717) is 28.6 Å². The molecule has 0 unspecified atom stereocenters. The second kappa shape index (κ2) is 11.1. The molecule has 2 N–H and O–H groups in total. The second-order valence-corrected chi connectivity index (χ2v) is 5.39. The first-order chi connectivity index (χ1) is 12.0. The van der Waals surface area contributed by atoms with Crippen LogP contribution in [0, 0.1) is 0 Å². The lowest BCUT2D eigenvalue weighted by Crippen LogP contribution is -2.27. The van der Waals surface area contributed by atoms with Gasteiger partial charge in [0, 0.05) is 16.4 Å². The number of esters is 1. The number of hydrogen-bond acceptors (Lipinski definition) is 3. The molecule has 5 nitrogen and oxygen atoms in total. The quantitative estimate of drug-likeness (QED) is 0.531. The van der Waals surface area contributed by atoms with Crippen LogP contribution in [-0.2, 0) is 4.74 Å². The van der Waals surface area contributed by atoms with Gasteiger partial charge in [0.15, 0.2) is 0 Å². The summed E-state index contributed by atoms with van der Waals surface area (Å²) >= 11 is 5.99. The molecule has 1 rings (SSSR count). The van der Waals surface area contributed by atoms with Gasteiger partial charge in [0.2, 0.25) is 0 Å². The molecule has 0 aliphatic rings. The molecule has 0 aliphatic heterocycles. The lowest BCUT2D eigenvalue weighted by Gasteiger charge is -2.09. The molecule has 0 radical (unpaired) electrons. The largest absolute Gasteiger partial charge is 0.462 e. The first-order valence-corrected chi connectivity index (χ1v) is 8.43. The van der Waals surface area contributed by atoms with Crippen LogP contribution in [0.1, 0.15) is 37.6 Å². The predicted octanol–water partition coefficient (Wildman–Crippen LogP) is 4.98. The Bertz CT molecular complexity index is 676. The van der Waals surface area contributed by atoms with Crippen molar-refractivity contribution in [3.8, 4) is 0 Å². The van der Waals surface area contributed by atoms with Gasteiger partial charge in [-0.1, -0.05) is 30.7 Å². The molecule has 0 bridgehead atoms. The lowest BCUT2D eigenvalue weighted by molar-refractivity contribution is 0.0526. The molecule has 0 aromatic heterocycles. The number of rotatable bonds is 7. The van der Waals surface area contributed by atoms with E-state index in [1.807, 2.05) is 19.9 Å². The second-order valence-electron chi connectivity index (χ2n) is 4.95. The number of urea groups is 1. The zero-order chi connectivity index (χ0) is 18.7. The van der Waals surface area contributed by atoms with Crippen molar-refractivity contribution >= 4 is 29.3 Å². The molecule has 25 heavy (non-hydrogen) atoms. The van der Waals surface area contributed by atoms with Crippen molar-refractivity contribution < 1.29 is 14.3 Å². The normalized spacial score (nSPS) is 12.2. The van der Waals surface area contributed by atoms with Gasteiger partial charge in [-0.25, -0.2) is 9.59 Å². The zero-order valence-electron chi connectivity index (χ0n) is 14.6. The third-order valence-electron chi connectivity index (χ3n) is 3.04. The summed E-state index contributed by atoms with van der Waals surface area (Å²) in [6, 6.07) is 6.08. The molecule has 0 saturated heterocycles. The Labute approximate surface area is 153 Å². The maximum Gasteiger partial charge on any atom is 0.338 e. The Morgan fingerprint density at radius 2 is 1.84 bits per heavy atom. The topological polar surface area (TPSA) is 67.4 Å². The Kier molecular flexibility index (Phi) is 9.11. The molecule has 0 saturated carbocycles. The average molecular weight is 363 g/mol. The van der Waals surface area contributed by atoms with Gasteiger partial charge in [-0.2, -0.15) is 0 Å². The van der Waals surface area contributed by atoms with Crippen LogP contribution in [0.2, 0.25) is 0 Å². The summed E-state index contributed by atoms with van der Waals surface area (Å²) in [7, 11) is 0. The van der Waals surface area contributed by atoms with Crippen LogP contribution in [-0.4, -0.2) is 18.6 Å². The van der Waals surface area contributed by atoms with Gasteiger partial charge in [0.1, 0.15) is 0 Å². The molecule has 0 fully saturated rings. The molecular weight excluding hydrogens is 340 g/mol. The van der Waals surface area contributed by atoms with Crippen LogP contribution in [0.15, 0.2) is 59.3 Å². The van der Waals surface area contributed by atoms with E-state index in [9.17, 15) is 9.59 Å².